The minimum Gasteiger partial charge on any atom is -0.261 e. The number of nitrogens with zero attached hydrogens (tertiary/aromatic N) is 4. The zero-order valence-electron chi connectivity index (χ0n) is 8.38. The molecule has 0 atom stereocenters. The van der Waals surface area contributed by atoms with Crippen LogP contribution in [0.3, 0.4) is 0 Å². The fourth-order valence-corrected chi connectivity index (χ4v) is 2.88. The van der Waals surface area contributed by atoms with E-state index < -0.39 is 0 Å². The molecule has 0 radical (unpaired) electrons. The van der Waals surface area contributed by atoms with Gasteiger partial charge in [-0.3, -0.25) is 4.98 Å². The van der Waals surface area contributed by atoms with Gasteiger partial charge in [0.2, 0.25) is 4.96 Å². The van der Waals surface area contributed by atoms with Crippen molar-refractivity contribution in [3.05, 3.63) is 33.9 Å². The SMILES string of the molecule is Cc1ccc(-c2nn3c(I)cnc3s2)cn1. The van der Waals surface area contributed by atoms with Crippen molar-refractivity contribution in [1.29, 1.82) is 0 Å². The summed E-state index contributed by atoms with van der Waals surface area (Å²) >= 11 is 3.79. The highest BCUT2D eigenvalue weighted by molar-refractivity contribution is 14.1. The second-order valence-corrected chi connectivity index (χ2v) is 5.43. The van der Waals surface area contributed by atoms with Crippen molar-refractivity contribution in [3.63, 3.8) is 0 Å². The number of rotatable bonds is 1. The summed E-state index contributed by atoms with van der Waals surface area (Å²) in [5.74, 6) is 0. The Morgan fingerprint density at radius 2 is 2.12 bits per heavy atom. The molecule has 0 fully saturated rings. The number of pyridine rings is 1. The van der Waals surface area contributed by atoms with Gasteiger partial charge in [-0.2, -0.15) is 9.61 Å². The van der Waals surface area contributed by atoms with Gasteiger partial charge in [0.1, 0.15) is 8.71 Å². The van der Waals surface area contributed by atoms with Gasteiger partial charge in [-0.25, -0.2) is 4.98 Å². The molecule has 3 heterocycles. The van der Waals surface area contributed by atoms with Gasteiger partial charge < -0.3 is 0 Å². The van der Waals surface area contributed by atoms with Crippen LogP contribution < -0.4 is 0 Å². The summed E-state index contributed by atoms with van der Waals surface area (Å²) in [6, 6.07) is 4.03. The fourth-order valence-electron chi connectivity index (χ4n) is 1.38. The molecule has 0 bridgehead atoms. The van der Waals surface area contributed by atoms with Gasteiger partial charge in [-0.15, -0.1) is 0 Å². The molecule has 80 valence electrons. The number of halogens is 1. The molecule has 3 rings (SSSR count). The standard InChI is InChI=1S/C10H7IN4S/c1-6-2-3-7(4-12-6)9-14-15-8(11)5-13-10(15)16-9/h2-5H,1H3. The minimum absolute atomic E-state index is 0.917. The van der Waals surface area contributed by atoms with Crippen LogP contribution in [0.4, 0.5) is 0 Å². The molecule has 0 aliphatic rings. The van der Waals surface area contributed by atoms with Crippen LogP contribution in [0.15, 0.2) is 24.5 Å². The molecule has 3 aromatic heterocycles. The largest absolute Gasteiger partial charge is 0.261 e. The van der Waals surface area contributed by atoms with Crippen LogP contribution in [-0.2, 0) is 0 Å². The molecule has 16 heavy (non-hydrogen) atoms. The van der Waals surface area contributed by atoms with Crippen LogP contribution in [0, 0.1) is 10.6 Å². The summed E-state index contributed by atoms with van der Waals surface area (Å²) in [5, 5.41) is 5.45. The first-order valence-corrected chi connectivity index (χ1v) is 6.56. The molecule has 0 saturated heterocycles. The second-order valence-electron chi connectivity index (χ2n) is 3.37. The Morgan fingerprint density at radius 1 is 1.25 bits per heavy atom. The molecular weight excluding hydrogens is 335 g/mol. The molecule has 0 aromatic carbocycles. The number of aryl methyl sites for hydroxylation is 1. The van der Waals surface area contributed by atoms with Crippen molar-refractivity contribution in [1.82, 2.24) is 19.6 Å². The summed E-state index contributed by atoms with van der Waals surface area (Å²) in [5.41, 5.74) is 2.05. The van der Waals surface area contributed by atoms with Crippen LogP contribution >= 0.6 is 33.9 Å². The zero-order chi connectivity index (χ0) is 11.1. The molecular formula is C10H7IN4S. The van der Waals surface area contributed by atoms with Crippen molar-refractivity contribution in [3.8, 4) is 10.6 Å². The highest BCUT2D eigenvalue weighted by Gasteiger charge is 2.09. The number of imidazole rings is 1. The van der Waals surface area contributed by atoms with Crippen molar-refractivity contribution >= 4 is 38.9 Å². The molecule has 3 aromatic rings. The summed E-state index contributed by atoms with van der Waals surface area (Å²) < 4.78 is 2.87. The normalized spacial score (nSPS) is 11.1. The van der Waals surface area contributed by atoms with Gasteiger partial charge in [0.25, 0.3) is 0 Å². The molecule has 0 aliphatic carbocycles. The van der Waals surface area contributed by atoms with E-state index in [1.54, 1.807) is 11.3 Å². The highest BCUT2D eigenvalue weighted by atomic mass is 127. The summed E-state index contributed by atoms with van der Waals surface area (Å²) in [4.78, 5) is 9.46. The lowest BCUT2D eigenvalue weighted by atomic mass is 10.3. The third kappa shape index (κ3) is 1.61. The van der Waals surface area contributed by atoms with E-state index in [-0.39, 0.29) is 0 Å². The van der Waals surface area contributed by atoms with Crippen molar-refractivity contribution in [2.75, 3.05) is 0 Å². The van der Waals surface area contributed by atoms with Crippen LogP contribution in [-0.4, -0.2) is 19.6 Å². The van der Waals surface area contributed by atoms with Crippen molar-refractivity contribution in [2.24, 2.45) is 0 Å². The average Bonchev–Trinajstić information content (AvgIpc) is 2.83. The third-order valence-corrected chi connectivity index (χ3v) is 3.91. The fraction of sp³-hybridized carbons (Fsp3) is 0.100. The molecule has 0 amide bonds. The Hall–Kier alpha value is -1.02. The van der Waals surface area contributed by atoms with Gasteiger partial charge >= 0.3 is 0 Å². The van der Waals surface area contributed by atoms with Crippen LogP contribution in [0.1, 0.15) is 5.69 Å². The lowest BCUT2D eigenvalue weighted by Gasteiger charge is -1.94. The lowest BCUT2D eigenvalue weighted by Crippen LogP contribution is -1.87. The molecule has 0 saturated carbocycles. The first-order chi connectivity index (χ1) is 7.74. The van der Waals surface area contributed by atoms with Gasteiger partial charge in [-0.1, -0.05) is 11.3 Å². The van der Waals surface area contributed by atoms with Crippen LogP contribution in [0.25, 0.3) is 15.5 Å². The van der Waals surface area contributed by atoms with E-state index in [1.807, 2.05) is 36.0 Å². The van der Waals surface area contributed by atoms with Crippen LogP contribution in [0.2, 0.25) is 0 Å². The Balaban J connectivity index is 2.15. The molecule has 6 heteroatoms. The molecule has 4 nitrogen and oxygen atoms in total. The van der Waals surface area contributed by atoms with E-state index in [2.05, 4.69) is 37.7 Å². The van der Waals surface area contributed by atoms with E-state index in [1.165, 1.54) is 0 Å². The molecule has 0 spiro atoms. The van der Waals surface area contributed by atoms with Crippen molar-refractivity contribution in [2.45, 2.75) is 6.92 Å². The summed E-state index contributed by atoms with van der Waals surface area (Å²) in [7, 11) is 0. The summed E-state index contributed by atoms with van der Waals surface area (Å²) in [6.45, 7) is 1.97. The van der Waals surface area contributed by atoms with Gasteiger partial charge in [0.15, 0.2) is 0 Å². The lowest BCUT2D eigenvalue weighted by molar-refractivity contribution is 0.951. The molecule has 0 unspecified atom stereocenters. The first kappa shape index (κ1) is 10.2. The van der Waals surface area contributed by atoms with Gasteiger partial charge in [0, 0.05) is 17.5 Å². The average molecular weight is 342 g/mol. The zero-order valence-corrected chi connectivity index (χ0v) is 11.4. The van der Waals surface area contributed by atoms with E-state index in [0.717, 1.165) is 24.9 Å². The Labute approximate surface area is 110 Å². The Morgan fingerprint density at radius 3 is 2.81 bits per heavy atom. The predicted molar refractivity (Wildman–Crippen MR) is 71.5 cm³/mol. The predicted octanol–water partition coefficient (Wildman–Crippen LogP) is 2.77. The topological polar surface area (TPSA) is 43.1 Å². The van der Waals surface area contributed by atoms with Crippen molar-refractivity contribution < 1.29 is 0 Å². The maximum Gasteiger partial charge on any atom is 0.213 e. The minimum atomic E-state index is 0.917. The Bertz CT molecular complexity index is 640. The van der Waals surface area contributed by atoms with E-state index in [4.69, 9.17) is 0 Å². The molecule has 0 N–H and O–H groups in total. The maximum absolute atomic E-state index is 4.50. The smallest absolute Gasteiger partial charge is 0.213 e. The quantitative estimate of drug-likeness (QED) is 0.639. The maximum atomic E-state index is 4.50. The number of fused-ring (bicyclic) bond motifs is 1. The van der Waals surface area contributed by atoms with Gasteiger partial charge in [-0.05, 0) is 41.6 Å². The highest BCUT2D eigenvalue weighted by Crippen LogP contribution is 2.25. The Kier molecular flexibility index (Phi) is 2.40. The monoisotopic (exact) mass is 342 g/mol. The van der Waals surface area contributed by atoms with Gasteiger partial charge in [0.05, 0.1) is 6.20 Å². The third-order valence-electron chi connectivity index (χ3n) is 2.20. The van der Waals surface area contributed by atoms with E-state index >= 15 is 0 Å². The number of hydrogen-bond donors (Lipinski definition) is 0. The number of aromatic nitrogens is 4. The number of hydrogen-bond acceptors (Lipinski definition) is 4. The van der Waals surface area contributed by atoms with E-state index in [0.29, 0.717) is 0 Å². The molecule has 0 aliphatic heterocycles. The summed E-state index contributed by atoms with van der Waals surface area (Å²) in [6.07, 6.45) is 3.66. The van der Waals surface area contributed by atoms with E-state index in [9.17, 15) is 0 Å². The second kappa shape index (κ2) is 3.77. The van der Waals surface area contributed by atoms with Crippen LogP contribution in [0.5, 0.6) is 0 Å². The first-order valence-electron chi connectivity index (χ1n) is 4.67.